The lowest BCUT2D eigenvalue weighted by atomic mass is 9.96. The molecule has 3 aromatic rings. The van der Waals surface area contributed by atoms with Crippen LogP contribution < -0.4 is 20.7 Å². The van der Waals surface area contributed by atoms with Crippen LogP contribution in [0.4, 0.5) is 9.59 Å². The Labute approximate surface area is 448 Å². The summed E-state index contributed by atoms with van der Waals surface area (Å²) in [5, 5.41) is 31.5. The van der Waals surface area contributed by atoms with Crippen molar-refractivity contribution in [1.29, 1.82) is 0 Å². The number of amides is 2. The van der Waals surface area contributed by atoms with Crippen LogP contribution in [0.15, 0.2) is 89.8 Å². The van der Waals surface area contributed by atoms with E-state index in [4.69, 9.17) is 33.2 Å². The fraction of sp³-hybridized carbons (Fsp3) is 0.649. The number of sulfonamides is 1. The second-order valence-electron chi connectivity index (χ2n) is 22.0. The fourth-order valence-electron chi connectivity index (χ4n) is 8.80. The molecule has 0 aromatic heterocycles. The van der Waals surface area contributed by atoms with Crippen molar-refractivity contribution < 1.29 is 61.4 Å². The molecule has 0 radical (unpaired) electrons. The van der Waals surface area contributed by atoms with Gasteiger partial charge >= 0.3 is 12.2 Å². The van der Waals surface area contributed by atoms with Gasteiger partial charge in [-0.25, -0.2) is 18.0 Å². The number of benzene rings is 3. The van der Waals surface area contributed by atoms with Gasteiger partial charge in [0.15, 0.2) is 11.6 Å². The molecule has 5 N–H and O–H groups in total. The van der Waals surface area contributed by atoms with Crippen molar-refractivity contribution in [1.82, 2.24) is 20.3 Å². The molecule has 3 aromatic carbocycles. The first-order valence-electron chi connectivity index (χ1n) is 26.7. The van der Waals surface area contributed by atoms with E-state index in [0.717, 1.165) is 36.9 Å². The van der Waals surface area contributed by atoms with Crippen molar-refractivity contribution in [3.05, 3.63) is 96.1 Å². The lowest BCUT2D eigenvalue weighted by Gasteiger charge is -2.33. The molecule has 2 saturated heterocycles. The first-order chi connectivity index (χ1) is 35.3. The summed E-state index contributed by atoms with van der Waals surface area (Å²) in [7, 11) is -2.52. The van der Waals surface area contributed by atoms with Crippen molar-refractivity contribution in [3.63, 3.8) is 0 Å². The summed E-state index contributed by atoms with van der Waals surface area (Å²) >= 11 is 0. The average molecular weight is 1070 g/mol. The number of methoxy groups -OCH3 is 1. The summed E-state index contributed by atoms with van der Waals surface area (Å²) in [6, 6.07) is 24.2. The number of alkyl carbamates (subject to hydrolysis) is 2. The van der Waals surface area contributed by atoms with Gasteiger partial charge in [0, 0.05) is 32.5 Å². The van der Waals surface area contributed by atoms with Gasteiger partial charge in [0.05, 0.1) is 62.7 Å². The summed E-state index contributed by atoms with van der Waals surface area (Å²) in [5.74, 6) is -0.198. The maximum Gasteiger partial charge on any atom is 0.407 e. The number of aliphatic hydroxyl groups excluding tert-OH is 2. The zero-order valence-corrected chi connectivity index (χ0v) is 47.4. The molecule has 0 aliphatic carbocycles. The number of ether oxygens (including phenoxy) is 7. The number of carbonyl (C=O) groups excluding carboxylic acids is 2. The lowest BCUT2D eigenvalue weighted by Crippen LogP contribution is -2.52. The Kier molecular flexibility index (Phi) is 25.2. The van der Waals surface area contributed by atoms with E-state index in [0.29, 0.717) is 70.3 Å². The van der Waals surface area contributed by atoms with Crippen LogP contribution in [0.5, 0.6) is 5.75 Å². The second kappa shape index (κ2) is 30.0. The Morgan fingerprint density at radius 1 is 0.640 bits per heavy atom. The van der Waals surface area contributed by atoms with E-state index in [2.05, 4.69) is 22.9 Å². The molecule has 6 atom stereocenters. The lowest BCUT2D eigenvalue weighted by molar-refractivity contribution is -0.149. The fourth-order valence-corrected chi connectivity index (χ4v) is 10.3. The third-order valence-electron chi connectivity index (χ3n) is 13.2. The van der Waals surface area contributed by atoms with Crippen LogP contribution in [-0.2, 0) is 51.3 Å². The molecule has 0 saturated carbocycles. The van der Waals surface area contributed by atoms with Gasteiger partial charge in [0.2, 0.25) is 10.0 Å². The Bertz CT molecular complexity index is 2210. The normalized spacial score (nSPS) is 17.9. The molecule has 18 heteroatoms. The predicted octanol–water partition coefficient (Wildman–Crippen LogP) is 8.39. The summed E-state index contributed by atoms with van der Waals surface area (Å²) in [4.78, 5) is 25.2. The quantitative estimate of drug-likeness (QED) is 0.0485. The highest BCUT2D eigenvalue weighted by atomic mass is 32.2. The van der Waals surface area contributed by atoms with Crippen LogP contribution in [0.2, 0.25) is 0 Å². The smallest absolute Gasteiger partial charge is 0.407 e. The minimum Gasteiger partial charge on any atom is -0.497 e. The Morgan fingerprint density at radius 3 is 1.48 bits per heavy atom. The van der Waals surface area contributed by atoms with Gasteiger partial charge in [-0.1, -0.05) is 87.4 Å². The van der Waals surface area contributed by atoms with E-state index in [1.54, 1.807) is 32.9 Å². The van der Waals surface area contributed by atoms with E-state index in [9.17, 15) is 28.2 Å². The summed E-state index contributed by atoms with van der Waals surface area (Å²) < 4.78 is 68.4. The molecule has 5 rings (SSSR count). The van der Waals surface area contributed by atoms with Gasteiger partial charge in [0.1, 0.15) is 17.0 Å². The first-order valence-corrected chi connectivity index (χ1v) is 28.1. The van der Waals surface area contributed by atoms with Gasteiger partial charge in [-0.3, -0.25) is 0 Å². The minimum absolute atomic E-state index is 0.0313. The largest absolute Gasteiger partial charge is 0.497 e. The van der Waals surface area contributed by atoms with Gasteiger partial charge in [0.25, 0.3) is 0 Å². The van der Waals surface area contributed by atoms with E-state index in [1.807, 2.05) is 102 Å². The Hall–Kier alpha value is -4.37. The highest BCUT2D eigenvalue weighted by Crippen LogP contribution is 2.30. The van der Waals surface area contributed by atoms with E-state index >= 15 is 0 Å². The predicted molar refractivity (Wildman–Crippen MR) is 290 cm³/mol. The number of rotatable bonds is 27. The molecule has 2 aliphatic heterocycles. The molecule has 17 nitrogen and oxygen atoms in total. The standard InChI is InChI=1S/C32H48N2O8S.C25H42N2O5/c1-7-24(17-18-32(5)40-19-20-41-32)22-34(43(37,38)27-15-13-26(39-6)14-16-27)23-29(35)28(21-25-11-9-8-10-12-25)33-30(36)42-31(2,3)4;1-6-19(12-13-25(5)30-14-15-31-25)17-26-18-22(28)21(16-20-10-8-7-9-11-20)27-23(29)32-24(2,3)4/h8-16,24,28-29,35H,7,17-23H2,1-6H3,(H,33,36);7-11,19,21-22,26,28H,6,12-18H2,1-5H3,(H,27,29)/t24?,28-,29?;19?,21-,22?/m00/s1. The molecule has 2 aliphatic rings. The first kappa shape index (κ1) is 63.2. The molecular formula is C57H90N4O13S. The van der Waals surface area contributed by atoms with Crippen LogP contribution in [0, 0.1) is 11.8 Å². The molecule has 2 amide bonds. The monoisotopic (exact) mass is 1070 g/mol. The third kappa shape index (κ3) is 23.0. The SMILES string of the molecule is CCC(CCC1(C)OCCO1)CN(CC(O)[C@H](Cc1ccccc1)NC(=O)OC(C)(C)C)S(=O)(=O)c1ccc(OC)cc1.CCC(CCC1(C)OCCO1)CNCC(O)[C@H](Cc1ccccc1)NC(=O)OC(C)(C)C. The van der Waals surface area contributed by atoms with Gasteiger partial charge in [-0.2, -0.15) is 4.31 Å². The zero-order valence-electron chi connectivity index (χ0n) is 46.6. The van der Waals surface area contributed by atoms with E-state index < -0.39 is 69.3 Å². The van der Waals surface area contributed by atoms with Crippen molar-refractivity contribution in [3.8, 4) is 5.75 Å². The molecular weight excluding hydrogens is 981 g/mol. The number of hydrogen-bond acceptors (Lipinski definition) is 14. The molecule has 0 bridgehead atoms. The summed E-state index contributed by atoms with van der Waals surface area (Å²) in [6.45, 7) is 22.3. The van der Waals surface area contributed by atoms with Crippen LogP contribution in [0.25, 0.3) is 0 Å². The number of nitrogens with zero attached hydrogens (tertiary/aromatic N) is 1. The second-order valence-corrected chi connectivity index (χ2v) is 23.9. The maximum absolute atomic E-state index is 14.0. The molecule has 75 heavy (non-hydrogen) atoms. The van der Waals surface area contributed by atoms with Crippen LogP contribution in [0.1, 0.15) is 119 Å². The third-order valence-corrected chi connectivity index (χ3v) is 15.1. The van der Waals surface area contributed by atoms with Crippen molar-refractivity contribution in [2.24, 2.45) is 11.8 Å². The highest BCUT2D eigenvalue weighted by molar-refractivity contribution is 7.89. The van der Waals surface area contributed by atoms with Crippen molar-refractivity contribution in [2.75, 3.05) is 59.7 Å². The maximum atomic E-state index is 14.0. The van der Waals surface area contributed by atoms with Gasteiger partial charge in [-0.15, -0.1) is 0 Å². The van der Waals surface area contributed by atoms with E-state index in [-0.39, 0.29) is 30.3 Å². The Balaban J connectivity index is 0.000000339. The number of hydrogen-bond donors (Lipinski definition) is 5. The number of carbonyl (C=O) groups is 2. The molecule has 4 unspecified atom stereocenters. The highest BCUT2D eigenvalue weighted by Gasteiger charge is 2.36. The Morgan fingerprint density at radius 2 is 1.07 bits per heavy atom. The van der Waals surface area contributed by atoms with E-state index in [1.165, 1.54) is 23.5 Å². The minimum atomic E-state index is -4.03. The van der Waals surface area contributed by atoms with Crippen LogP contribution in [-0.4, -0.2) is 142 Å². The number of aliphatic hydroxyl groups is 2. The van der Waals surface area contributed by atoms with Crippen molar-refractivity contribution >= 4 is 22.2 Å². The number of nitrogens with one attached hydrogen (secondary N) is 3. The zero-order chi connectivity index (χ0) is 55.3. The van der Waals surface area contributed by atoms with Crippen molar-refractivity contribution in [2.45, 2.75) is 173 Å². The molecule has 2 heterocycles. The average Bonchev–Trinajstić information content (AvgIpc) is 4.00. The summed E-state index contributed by atoms with van der Waals surface area (Å²) in [6.07, 6.45) is 2.47. The molecule has 422 valence electrons. The molecule has 0 spiro atoms. The summed E-state index contributed by atoms with van der Waals surface area (Å²) in [5.41, 5.74) is 0.586. The van der Waals surface area contributed by atoms with Gasteiger partial charge < -0.3 is 59.3 Å². The van der Waals surface area contributed by atoms with Crippen LogP contribution in [0.3, 0.4) is 0 Å². The van der Waals surface area contributed by atoms with Gasteiger partial charge in [-0.05, 0) is 135 Å². The molecule has 2 fully saturated rings. The topological polar surface area (TPSA) is 213 Å². The van der Waals surface area contributed by atoms with Crippen LogP contribution >= 0.6 is 0 Å².